The lowest BCUT2D eigenvalue weighted by Gasteiger charge is -2.32. The Morgan fingerprint density at radius 3 is 2.57 bits per heavy atom. The maximum Gasteiger partial charge on any atom is 0.248 e. The summed E-state index contributed by atoms with van der Waals surface area (Å²) in [6.07, 6.45) is 5.02. The summed E-state index contributed by atoms with van der Waals surface area (Å²) in [6, 6.07) is 9.61. The van der Waals surface area contributed by atoms with Crippen LogP contribution in [0.1, 0.15) is 24.1 Å². The molecule has 3 heterocycles. The molecule has 1 fully saturated rings. The van der Waals surface area contributed by atoms with Crippen molar-refractivity contribution >= 4 is 28.8 Å². The summed E-state index contributed by atoms with van der Waals surface area (Å²) < 4.78 is 0. The molecule has 0 spiro atoms. The molecule has 1 aromatic carbocycles. The number of amides is 1. The van der Waals surface area contributed by atoms with Gasteiger partial charge in [0, 0.05) is 35.4 Å². The minimum atomic E-state index is -0.427. The predicted octanol–water partition coefficient (Wildman–Crippen LogP) is 2.62. The van der Waals surface area contributed by atoms with Gasteiger partial charge in [0.2, 0.25) is 5.91 Å². The Hall–Kier alpha value is -2.57. The van der Waals surface area contributed by atoms with Crippen LogP contribution in [0.5, 0.6) is 0 Å². The highest BCUT2D eigenvalue weighted by atomic mass is 35.5. The van der Waals surface area contributed by atoms with Crippen molar-refractivity contribution in [3.05, 3.63) is 64.7 Å². The lowest BCUT2D eigenvalue weighted by atomic mass is 9.84. The molecule has 1 amide bonds. The summed E-state index contributed by atoms with van der Waals surface area (Å²) in [7, 11) is 0. The highest BCUT2D eigenvalue weighted by Crippen LogP contribution is 2.36. The Kier molecular flexibility index (Phi) is 5.50. The summed E-state index contributed by atoms with van der Waals surface area (Å²) in [4.78, 5) is 26.9. The minimum absolute atomic E-state index is 0.201. The molecule has 0 radical (unpaired) electrons. The summed E-state index contributed by atoms with van der Waals surface area (Å²) in [5, 5.41) is 9.78. The lowest BCUT2D eigenvalue weighted by Crippen LogP contribution is -2.40. The largest absolute Gasteiger partial charge is 0.387 e. The first kappa shape index (κ1) is 18.8. The van der Waals surface area contributed by atoms with E-state index in [4.69, 9.17) is 21.7 Å². The predicted molar refractivity (Wildman–Crippen MR) is 108 cm³/mol. The molecule has 1 N–H and O–H groups in total. The molecule has 7 heteroatoms. The topological polar surface area (TPSA) is 78.7 Å². The van der Waals surface area contributed by atoms with Crippen molar-refractivity contribution < 1.29 is 9.90 Å². The van der Waals surface area contributed by atoms with Crippen LogP contribution < -0.4 is 0 Å². The van der Waals surface area contributed by atoms with Gasteiger partial charge in [-0.25, -0.2) is 9.97 Å². The first-order chi connectivity index (χ1) is 13.7. The van der Waals surface area contributed by atoms with E-state index in [2.05, 4.69) is 9.97 Å². The van der Waals surface area contributed by atoms with Gasteiger partial charge in [-0.2, -0.15) is 0 Å². The molecule has 0 atom stereocenters. The number of likely N-dealkylation sites (tertiary alicyclic amines) is 1. The maximum atomic E-state index is 11.8. The number of piperidine rings is 1. The average Bonchev–Trinajstić information content (AvgIpc) is 3.19. The van der Waals surface area contributed by atoms with E-state index >= 15 is 0 Å². The lowest BCUT2D eigenvalue weighted by molar-refractivity contribution is -0.135. The van der Waals surface area contributed by atoms with Gasteiger partial charge in [-0.1, -0.05) is 23.7 Å². The second kappa shape index (κ2) is 8.20. The van der Waals surface area contributed by atoms with Crippen molar-refractivity contribution in [1.82, 2.24) is 14.9 Å². The van der Waals surface area contributed by atoms with E-state index in [1.54, 1.807) is 17.4 Å². The van der Waals surface area contributed by atoms with Crippen LogP contribution in [0.3, 0.4) is 0 Å². The molecule has 1 saturated heterocycles. The molecule has 1 aromatic heterocycles. The monoisotopic (exact) mass is 396 g/mol. The van der Waals surface area contributed by atoms with Gasteiger partial charge in [-0.05, 0) is 42.5 Å². The van der Waals surface area contributed by atoms with E-state index in [9.17, 15) is 4.79 Å². The van der Waals surface area contributed by atoms with Crippen molar-refractivity contribution in [2.75, 3.05) is 26.2 Å². The molecular weight excluding hydrogens is 376 g/mol. The standard InChI is InChI=1S/C21H21ClN4O2/c22-16-3-1-15(2-4-16)21-20(18-5-8-23-13-25-18)17(11-24-21)14-6-9-26(10-7-14)19(28)12-27/h1-5,8,13-14,27H,6-7,9-12H2. The number of allylic oxidation sites excluding steroid dienone is 1. The molecule has 0 bridgehead atoms. The fourth-order valence-electron chi connectivity index (χ4n) is 3.95. The molecule has 144 valence electrons. The van der Waals surface area contributed by atoms with Crippen LogP contribution in [0.2, 0.25) is 5.02 Å². The van der Waals surface area contributed by atoms with Gasteiger partial charge >= 0.3 is 0 Å². The third kappa shape index (κ3) is 3.70. The van der Waals surface area contributed by atoms with Crippen LogP contribution in [0, 0.1) is 5.92 Å². The Labute approximate surface area is 168 Å². The van der Waals surface area contributed by atoms with E-state index in [0.29, 0.717) is 30.6 Å². The Balaban J connectivity index is 1.67. The zero-order valence-electron chi connectivity index (χ0n) is 15.4. The van der Waals surface area contributed by atoms with Crippen molar-refractivity contribution in [3.8, 4) is 0 Å². The number of nitrogens with zero attached hydrogens (tertiary/aromatic N) is 4. The third-order valence-corrected chi connectivity index (χ3v) is 5.65. The van der Waals surface area contributed by atoms with Crippen LogP contribution >= 0.6 is 11.6 Å². The Bertz CT molecular complexity index is 917. The number of aliphatic hydroxyl groups is 1. The molecule has 2 aliphatic heterocycles. The van der Waals surface area contributed by atoms with Crippen LogP contribution in [0.25, 0.3) is 5.57 Å². The SMILES string of the molecule is O=C(CO)N1CCC(C2=C(c3ccncn3)C(c3ccc(Cl)cc3)=NC2)CC1. The second-order valence-corrected chi connectivity index (χ2v) is 7.42. The van der Waals surface area contributed by atoms with Gasteiger partial charge in [-0.3, -0.25) is 9.79 Å². The number of hydrogen-bond donors (Lipinski definition) is 1. The number of aromatic nitrogens is 2. The van der Waals surface area contributed by atoms with Crippen LogP contribution in [0.4, 0.5) is 0 Å². The zero-order valence-corrected chi connectivity index (χ0v) is 16.1. The number of hydrogen-bond acceptors (Lipinski definition) is 5. The minimum Gasteiger partial charge on any atom is -0.387 e. The van der Waals surface area contributed by atoms with Crippen LogP contribution in [-0.2, 0) is 4.79 Å². The fraction of sp³-hybridized carbons (Fsp3) is 0.333. The van der Waals surface area contributed by atoms with Gasteiger partial charge in [0.15, 0.2) is 0 Å². The maximum absolute atomic E-state index is 11.8. The Morgan fingerprint density at radius 1 is 1.18 bits per heavy atom. The van der Waals surface area contributed by atoms with E-state index < -0.39 is 6.61 Å². The van der Waals surface area contributed by atoms with Crippen molar-refractivity contribution in [2.24, 2.45) is 10.9 Å². The van der Waals surface area contributed by atoms with E-state index in [1.807, 2.05) is 30.3 Å². The van der Waals surface area contributed by atoms with Gasteiger partial charge < -0.3 is 10.0 Å². The first-order valence-electron chi connectivity index (χ1n) is 9.36. The quantitative estimate of drug-likeness (QED) is 0.861. The smallest absolute Gasteiger partial charge is 0.248 e. The van der Waals surface area contributed by atoms with E-state index in [-0.39, 0.29) is 5.91 Å². The van der Waals surface area contributed by atoms with Crippen LogP contribution in [-0.4, -0.2) is 57.8 Å². The van der Waals surface area contributed by atoms with E-state index in [1.165, 1.54) is 5.57 Å². The molecule has 2 aliphatic rings. The summed E-state index contributed by atoms with van der Waals surface area (Å²) in [6.45, 7) is 1.51. The number of aliphatic hydroxyl groups excluding tert-OH is 1. The molecular formula is C21H21ClN4O2. The number of rotatable bonds is 4. The molecule has 2 aromatic rings. The van der Waals surface area contributed by atoms with Gasteiger partial charge in [0.1, 0.15) is 12.9 Å². The fourth-order valence-corrected chi connectivity index (χ4v) is 4.08. The number of aliphatic imine (C=N–C) groups is 1. The molecule has 0 saturated carbocycles. The Morgan fingerprint density at radius 2 is 1.93 bits per heavy atom. The average molecular weight is 397 g/mol. The molecule has 28 heavy (non-hydrogen) atoms. The first-order valence-corrected chi connectivity index (χ1v) is 9.74. The van der Waals surface area contributed by atoms with E-state index in [0.717, 1.165) is 35.4 Å². The van der Waals surface area contributed by atoms with Crippen molar-refractivity contribution in [3.63, 3.8) is 0 Å². The van der Waals surface area contributed by atoms with Gasteiger partial charge in [0.25, 0.3) is 0 Å². The van der Waals surface area contributed by atoms with Gasteiger partial charge in [0.05, 0.1) is 18.0 Å². The second-order valence-electron chi connectivity index (χ2n) is 6.98. The number of benzene rings is 1. The molecule has 4 rings (SSSR count). The molecule has 0 unspecified atom stereocenters. The van der Waals surface area contributed by atoms with Crippen LogP contribution in [0.15, 0.2) is 53.4 Å². The number of halogens is 1. The van der Waals surface area contributed by atoms with Crippen molar-refractivity contribution in [2.45, 2.75) is 12.8 Å². The number of carbonyl (C=O) groups excluding carboxylic acids is 1. The summed E-state index contributed by atoms with van der Waals surface area (Å²) >= 11 is 6.05. The normalized spacial score (nSPS) is 17.8. The third-order valence-electron chi connectivity index (χ3n) is 5.40. The number of carbonyl (C=O) groups is 1. The summed E-state index contributed by atoms with van der Waals surface area (Å²) in [5.41, 5.74) is 5.14. The van der Waals surface area contributed by atoms with Crippen molar-refractivity contribution in [1.29, 1.82) is 0 Å². The van der Waals surface area contributed by atoms with Gasteiger partial charge in [-0.15, -0.1) is 0 Å². The zero-order chi connectivity index (χ0) is 19.5. The molecule has 0 aliphatic carbocycles. The highest BCUT2D eigenvalue weighted by molar-refractivity contribution is 6.34. The summed E-state index contributed by atoms with van der Waals surface area (Å²) in [5.74, 6) is 0.134. The molecule has 6 nitrogen and oxygen atoms in total. The highest BCUT2D eigenvalue weighted by Gasteiger charge is 2.31.